The molecule has 0 aromatic carbocycles. The molecule has 5 heteroatoms. The molecule has 0 saturated carbocycles. The fourth-order valence-electron chi connectivity index (χ4n) is 2.15. The van der Waals surface area contributed by atoms with Crippen LogP contribution in [0.15, 0.2) is 18.6 Å². The first-order valence-corrected chi connectivity index (χ1v) is 5.87. The van der Waals surface area contributed by atoms with Crippen LogP contribution in [0.3, 0.4) is 0 Å². The minimum absolute atomic E-state index is 0.0642. The maximum atomic E-state index is 12.3. The SMILES string of the molecule is CN1CCCN(C)C(C(=O)c2cnccn2)C1. The smallest absolute Gasteiger partial charge is 0.201 e. The number of likely N-dealkylation sites (N-methyl/N-ethyl adjacent to an activating group) is 2. The third-order valence-corrected chi connectivity index (χ3v) is 3.19. The molecule has 2 heterocycles. The molecule has 1 unspecified atom stereocenters. The molecule has 1 saturated heterocycles. The zero-order valence-electron chi connectivity index (χ0n) is 10.3. The molecular formula is C12H18N4O. The van der Waals surface area contributed by atoms with Crippen molar-refractivity contribution in [2.45, 2.75) is 12.5 Å². The molecule has 0 radical (unpaired) electrons. The predicted molar refractivity (Wildman–Crippen MR) is 64.9 cm³/mol. The number of carbonyl (C=O) groups is 1. The van der Waals surface area contributed by atoms with Crippen molar-refractivity contribution in [2.24, 2.45) is 0 Å². The Bertz CT molecular complexity index is 381. The maximum absolute atomic E-state index is 12.3. The Hall–Kier alpha value is -1.33. The lowest BCUT2D eigenvalue weighted by molar-refractivity contribution is 0.0833. The normalized spacial score (nSPS) is 23.3. The first kappa shape index (κ1) is 12.1. The van der Waals surface area contributed by atoms with Gasteiger partial charge in [0.15, 0.2) is 0 Å². The molecule has 1 fully saturated rings. The summed E-state index contributed by atoms with van der Waals surface area (Å²) < 4.78 is 0. The van der Waals surface area contributed by atoms with Crippen molar-refractivity contribution in [1.29, 1.82) is 0 Å². The number of nitrogens with zero attached hydrogens (tertiary/aromatic N) is 4. The molecule has 0 aliphatic carbocycles. The van der Waals surface area contributed by atoms with E-state index in [9.17, 15) is 4.79 Å². The minimum atomic E-state index is -0.112. The molecule has 17 heavy (non-hydrogen) atoms. The van der Waals surface area contributed by atoms with Gasteiger partial charge >= 0.3 is 0 Å². The number of Topliss-reactive ketones (excluding diaryl/α,β-unsaturated/α-hetero) is 1. The Morgan fingerprint density at radius 1 is 1.35 bits per heavy atom. The van der Waals surface area contributed by atoms with Gasteiger partial charge in [0.25, 0.3) is 0 Å². The van der Waals surface area contributed by atoms with Gasteiger partial charge in [0.1, 0.15) is 5.69 Å². The zero-order valence-corrected chi connectivity index (χ0v) is 10.3. The van der Waals surface area contributed by atoms with Crippen LogP contribution in [0.5, 0.6) is 0 Å². The van der Waals surface area contributed by atoms with E-state index in [1.807, 2.05) is 7.05 Å². The molecule has 1 aliphatic heterocycles. The van der Waals surface area contributed by atoms with E-state index in [0.717, 1.165) is 26.1 Å². The van der Waals surface area contributed by atoms with E-state index in [2.05, 4.69) is 26.8 Å². The molecule has 0 spiro atoms. The van der Waals surface area contributed by atoms with Crippen molar-refractivity contribution in [2.75, 3.05) is 33.7 Å². The molecular weight excluding hydrogens is 216 g/mol. The number of hydrogen-bond acceptors (Lipinski definition) is 5. The summed E-state index contributed by atoms with van der Waals surface area (Å²) in [6.07, 6.45) is 5.78. The van der Waals surface area contributed by atoms with E-state index in [1.54, 1.807) is 18.6 Å². The third kappa shape index (κ3) is 2.87. The van der Waals surface area contributed by atoms with Gasteiger partial charge in [0.2, 0.25) is 5.78 Å². The molecule has 0 bridgehead atoms. The summed E-state index contributed by atoms with van der Waals surface area (Å²) in [5.74, 6) is 0.0642. The Morgan fingerprint density at radius 3 is 2.88 bits per heavy atom. The van der Waals surface area contributed by atoms with Crippen LogP contribution < -0.4 is 0 Å². The Labute approximate surface area is 101 Å². The summed E-state index contributed by atoms with van der Waals surface area (Å²) in [7, 11) is 4.05. The molecule has 1 aromatic rings. The lowest BCUT2D eigenvalue weighted by Crippen LogP contribution is -2.44. The summed E-state index contributed by atoms with van der Waals surface area (Å²) in [5.41, 5.74) is 0.458. The van der Waals surface area contributed by atoms with Gasteiger partial charge in [-0.1, -0.05) is 0 Å². The largest absolute Gasteiger partial charge is 0.304 e. The van der Waals surface area contributed by atoms with E-state index in [4.69, 9.17) is 0 Å². The Kier molecular flexibility index (Phi) is 3.81. The van der Waals surface area contributed by atoms with Gasteiger partial charge in [-0.25, -0.2) is 4.98 Å². The van der Waals surface area contributed by atoms with Gasteiger partial charge in [-0.05, 0) is 33.6 Å². The van der Waals surface area contributed by atoms with Gasteiger partial charge in [0.05, 0.1) is 12.2 Å². The lowest BCUT2D eigenvalue weighted by atomic mass is 10.1. The van der Waals surface area contributed by atoms with Gasteiger partial charge in [0, 0.05) is 18.9 Å². The number of carbonyl (C=O) groups excluding carboxylic acids is 1. The summed E-state index contributed by atoms with van der Waals surface area (Å²) in [6.45, 7) is 2.74. The molecule has 2 rings (SSSR count). The molecule has 0 N–H and O–H groups in total. The van der Waals surface area contributed by atoms with Crippen LogP contribution in [0, 0.1) is 0 Å². The van der Waals surface area contributed by atoms with Crippen molar-refractivity contribution in [1.82, 2.24) is 19.8 Å². The second-order valence-electron chi connectivity index (χ2n) is 4.57. The maximum Gasteiger partial charge on any atom is 0.201 e. The molecule has 92 valence electrons. The predicted octanol–water partition coefficient (Wildman–Crippen LogP) is 0.295. The minimum Gasteiger partial charge on any atom is -0.304 e. The topological polar surface area (TPSA) is 49.3 Å². The highest BCUT2D eigenvalue weighted by molar-refractivity contribution is 5.98. The number of aromatic nitrogens is 2. The number of rotatable bonds is 2. The monoisotopic (exact) mass is 234 g/mol. The van der Waals surface area contributed by atoms with Crippen LogP contribution in [0.4, 0.5) is 0 Å². The lowest BCUT2D eigenvalue weighted by Gasteiger charge is -2.25. The Morgan fingerprint density at radius 2 is 2.18 bits per heavy atom. The fraction of sp³-hybridized carbons (Fsp3) is 0.583. The van der Waals surface area contributed by atoms with Crippen molar-refractivity contribution in [3.8, 4) is 0 Å². The van der Waals surface area contributed by atoms with Crippen LogP contribution in [0.2, 0.25) is 0 Å². The highest BCUT2D eigenvalue weighted by atomic mass is 16.1. The fourth-order valence-corrected chi connectivity index (χ4v) is 2.15. The van der Waals surface area contributed by atoms with Crippen LogP contribution in [0.1, 0.15) is 16.9 Å². The van der Waals surface area contributed by atoms with E-state index < -0.39 is 0 Å². The first-order chi connectivity index (χ1) is 8.18. The van der Waals surface area contributed by atoms with E-state index in [1.165, 1.54) is 0 Å². The molecule has 1 aliphatic rings. The molecule has 5 nitrogen and oxygen atoms in total. The van der Waals surface area contributed by atoms with Gasteiger partial charge in [-0.15, -0.1) is 0 Å². The zero-order chi connectivity index (χ0) is 12.3. The average Bonchev–Trinajstić information content (AvgIpc) is 2.51. The number of hydrogen-bond donors (Lipinski definition) is 0. The van der Waals surface area contributed by atoms with Crippen LogP contribution in [0.25, 0.3) is 0 Å². The standard InChI is InChI=1S/C12H18N4O/c1-15-6-3-7-16(2)11(9-15)12(17)10-8-13-4-5-14-10/h4-5,8,11H,3,6-7,9H2,1-2H3. The van der Waals surface area contributed by atoms with Crippen molar-refractivity contribution in [3.05, 3.63) is 24.3 Å². The second-order valence-corrected chi connectivity index (χ2v) is 4.57. The van der Waals surface area contributed by atoms with E-state index >= 15 is 0 Å². The highest BCUT2D eigenvalue weighted by Crippen LogP contribution is 2.11. The summed E-state index contributed by atoms with van der Waals surface area (Å²) in [6, 6.07) is -0.112. The highest BCUT2D eigenvalue weighted by Gasteiger charge is 2.28. The van der Waals surface area contributed by atoms with Crippen molar-refractivity contribution in [3.63, 3.8) is 0 Å². The summed E-state index contributed by atoms with van der Waals surface area (Å²) >= 11 is 0. The Balaban J connectivity index is 2.17. The number of ketones is 1. The molecule has 1 atom stereocenters. The van der Waals surface area contributed by atoms with Crippen LogP contribution in [-0.2, 0) is 0 Å². The van der Waals surface area contributed by atoms with Gasteiger partial charge < -0.3 is 4.90 Å². The molecule has 0 amide bonds. The third-order valence-electron chi connectivity index (χ3n) is 3.19. The quantitative estimate of drug-likeness (QED) is 0.689. The van der Waals surface area contributed by atoms with E-state index in [0.29, 0.717) is 5.69 Å². The van der Waals surface area contributed by atoms with Crippen molar-refractivity contribution < 1.29 is 4.79 Å². The van der Waals surface area contributed by atoms with Crippen LogP contribution in [-0.4, -0.2) is 65.3 Å². The first-order valence-electron chi connectivity index (χ1n) is 5.87. The summed E-state index contributed by atoms with van der Waals surface area (Å²) in [4.78, 5) is 24.7. The van der Waals surface area contributed by atoms with Crippen LogP contribution >= 0.6 is 0 Å². The van der Waals surface area contributed by atoms with Gasteiger partial charge in [-0.3, -0.25) is 14.7 Å². The summed E-state index contributed by atoms with van der Waals surface area (Å²) in [5, 5.41) is 0. The van der Waals surface area contributed by atoms with Gasteiger partial charge in [-0.2, -0.15) is 0 Å². The van der Waals surface area contributed by atoms with E-state index in [-0.39, 0.29) is 11.8 Å². The average molecular weight is 234 g/mol. The molecule has 1 aromatic heterocycles. The van der Waals surface area contributed by atoms with Crippen molar-refractivity contribution >= 4 is 5.78 Å². The second kappa shape index (κ2) is 5.33.